The van der Waals surface area contributed by atoms with Crippen LogP contribution in [-0.2, 0) is 0 Å². The monoisotopic (exact) mass is 178 g/mol. The molecule has 0 bridgehead atoms. The summed E-state index contributed by atoms with van der Waals surface area (Å²) in [6.45, 7) is 0. The van der Waals surface area contributed by atoms with E-state index in [2.05, 4.69) is 0 Å². The summed E-state index contributed by atoms with van der Waals surface area (Å²) in [4.78, 5) is 0. The lowest BCUT2D eigenvalue weighted by Crippen LogP contribution is -1.99. The molecule has 0 amide bonds. The zero-order valence-electron chi connectivity index (χ0n) is 8.78. The number of hydrogen-bond donors (Lipinski definition) is 0. The van der Waals surface area contributed by atoms with Crippen molar-refractivity contribution in [3.05, 3.63) is 11.1 Å². The summed E-state index contributed by atoms with van der Waals surface area (Å²) in [7, 11) is 0. The van der Waals surface area contributed by atoms with E-state index in [-0.39, 0.29) is 0 Å². The zero-order chi connectivity index (χ0) is 8.93. The van der Waals surface area contributed by atoms with Crippen molar-refractivity contribution in [1.29, 1.82) is 0 Å². The Balaban J connectivity index is 2.02. The third kappa shape index (κ3) is 2.59. The predicted octanol–water partition coefficient (Wildman–Crippen LogP) is 4.60. The van der Waals surface area contributed by atoms with E-state index >= 15 is 0 Å². The van der Waals surface area contributed by atoms with Crippen molar-refractivity contribution in [2.45, 2.75) is 70.6 Å². The molecule has 0 heterocycles. The molecular weight excluding hydrogens is 156 g/mol. The normalized spacial score (nSPS) is 25.8. The van der Waals surface area contributed by atoms with Gasteiger partial charge < -0.3 is 0 Å². The highest BCUT2D eigenvalue weighted by Gasteiger charge is 2.13. The van der Waals surface area contributed by atoms with Crippen LogP contribution in [0, 0.1) is 0 Å². The highest BCUT2D eigenvalue weighted by molar-refractivity contribution is 5.17. The van der Waals surface area contributed by atoms with Gasteiger partial charge in [-0.05, 0) is 51.4 Å². The first kappa shape index (κ1) is 9.30. The summed E-state index contributed by atoms with van der Waals surface area (Å²) in [5, 5.41) is 0. The molecule has 0 aliphatic heterocycles. The van der Waals surface area contributed by atoms with Gasteiger partial charge in [0.05, 0.1) is 0 Å². The van der Waals surface area contributed by atoms with Crippen LogP contribution < -0.4 is 0 Å². The van der Waals surface area contributed by atoms with Gasteiger partial charge >= 0.3 is 0 Å². The number of allylic oxidation sites excluding steroid dienone is 2. The predicted molar refractivity (Wildman–Crippen MR) is 57.8 cm³/mol. The SMILES string of the molecule is C1CCCC2=C(CCC1)CCCC2. The van der Waals surface area contributed by atoms with Gasteiger partial charge in [0, 0.05) is 0 Å². The van der Waals surface area contributed by atoms with E-state index in [1.807, 2.05) is 11.1 Å². The van der Waals surface area contributed by atoms with Crippen LogP contribution >= 0.6 is 0 Å². The maximum Gasteiger partial charge on any atom is -0.0318 e. The molecule has 13 heavy (non-hydrogen) atoms. The van der Waals surface area contributed by atoms with Crippen LogP contribution in [-0.4, -0.2) is 0 Å². The van der Waals surface area contributed by atoms with Gasteiger partial charge in [0.1, 0.15) is 0 Å². The third-order valence-electron chi connectivity index (χ3n) is 3.66. The van der Waals surface area contributed by atoms with Gasteiger partial charge in [-0.1, -0.05) is 30.4 Å². The fraction of sp³-hybridized carbons (Fsp3) is 0.846. The van der Waals surface area contributed by atoms with Crippen LogP contribution in [0.5, 0.6) is 0 Å². The highest BCUT2D eigenvalue weighted by Crippen LogP contribution is 2.32. The standard InChI is InChI=1S/C13H22/c1-2-4-8-12-10-6-7-11-13(12)9-5-3-1/h1-11H2. The minimum Gasteiger partial charge on any atom is -0.0710 e. The Labute approximate surface area is 82.4 Å². The van der Waals surface area contributed by atoms with Crippen LogP contribution in [0.1, 0.15) is 70.6 Å². The lowest BCUT2D eigenvalue weighted by atomic mass is 9.87. The highest BCUT2D eigenvalue weighted by atomic mass is 14.2. The minimum atomic E-state index is 1.44. The topological polar surface area (TPSA) is 0 Å². The van der Waals surface area contributed by atoms with E-state index < -0.39 is 0 Å². The summed E-state index contributed by atoms with van der Waals surface area (Å²) in [5.41, 5.74) is 3.74. The van der Waals surface area contributed by atoms with Gasteiger partial charge in [-0.15, -0.1) is 0 Å². The molecule has 2 aliphatic carbocycles. The second-order valence-corrected chi connectivity index (χ2v) is 4.68. The largest absolute Gasteiger partial charge is 0.0710 e. The Morgan fingerprint density at radius 2 is 0.692 bits per heavy atom. The molecule has 0 atom stereocenters. The molecule has 0 radical (unpaired) electrons. The van der Waals surface area contributed by atoms with Gasteiger partial charge in [-0.25, -0.2) is 0 Å². The maximum atomic E-state index is 1.87. The lowest BCUT2D eigenvalue weighted by molar-refractivity contribution is 0.618. The Morgan fingerprint density at radius 1 is 0.385 bits per heavy atom. The minimum absolute atomic E-state index is 1.44. The quantitative estimate of drug-likeness (QED) is 0.475. The molecule has 2 rings (SSSR count). The van der Waals surface area contributed by atoms with Crippen LogP contribution in [0.2, 0.25) is 0 Å². The molecule has 0 spiro atoms. The third-order valence-corrected chi connectivity index (χ3v) is 3.66. The summed E-state index contributed by atoms with van der Waals surface area (Å²) < 4.78 is 0. The van der Waals surface area contributed by atoms with Crippen molar-refractivity contribution < 1.29 is 0 Å². The van der Waals surface area contributed by atoms with Crippen LogP contribution in [0.15, 0.2) is 11.1 Å². The van der Waals surface area contributed by atoms with Crippen molar-refractivity contribution in [3.8, 4) is 0 Å². The first-order valence-electron chi connectivity index (χ1n) is 6.16. The number of hydrogen-bond acceptors (Lipinski definition) is 0. The fourth-order valence-electron chi connectivity index (χ4n) is 2.84. The lowest BCUT2D eigenvalue weighted by Gasteiger charge is -2.19. The van der Waals surface area contributed by atoms with Gasteiger partial charge in [0.25, 0.3) is 0 Å². The van der Waals surface area contributed by atoms with E-state index in [9.17, 15) is 0 Å². The van der Waals surface area contributed by atoms with Crippen molar-refractivity contribution in [3.63, 3.8) is 0 Å². The second-order valence-electron chi connectivity index (χ2n) is 4.68. The Kier molecular flexibility index (Phi) is 3.46. The fourth-order valence-corrected chi connectivity index (χ4v) is 2.84. The molecule has 0 aromatic rings. The molecule has 74 valence electrons. The smallest absolute Gasteiger partial charge is 0.0318 e. The molecule has 0 unspecified atom stereocenters. The van der Waals surface area contributed by atoms with Gasteiger partial charge in [-0.2, -0.15) is 0 Å². The van der Waals surface area contributed by atoms with E-state index in [1.165, 1.54) is 70.6 Å². The van der Waals surface area contributed by atoms with Crippen molar-refractivity contribution in [2.75, 3.05) is 0 Å². The molecule has 0 heteroatoms. The zero-order valence-corrected chi connectivity index (χ0v) is 8.78. The molecule has 0 fully saturated rings. The van der Waals surface area contributed by atoms with E-state index in [1.54, 1.807) is 0 Å². The summed E-state index contributed by atoms with van der Waals surface area (Å²) in [6.07, 6.45) is 16.1. The summed E-state index contributed by atoms with van der Waals surface area (Å²) in [5.74, 6) is 0. The Morgan fingerprint density at radius 3 is 1.15 bits per heavy atom. The second kappa shape index (κ2) is 4.83. The number of rotatable bonds is 0. The van der Waals surface area contributed by atoms with Gasteiger partial charge in [-0.3, -0.25) is 0 Å². The van der Waals surface area contributed by atoms with Crippen molar-refractivity contribution >= 4 is 0 Å². The molecule has 0 saturated carbocycles. The molecule has 0 saturated heterocycles. The van der Waals surface area contributed by atoms with E-state index in [4.69, 9.17) is 0 Å². The van der Waals surface area contributed by atoms with Crippen LogP contribution in [0.3, 0.4) is 0 Å². The average molecular weight is 178 g/mol. The van der Waals surface area contributed by atoms with Crippen LogP contribution in [0.4, 0.5) is 0 Å². The van der Waals surface area contributed by atoms with Gasteiger partial charge in [0.2, 0.25) is 0 Å². The Hall–Kier alpha value is -0.260. The maximum absolute atomic E-state index is 1.87. The average Bonchev–Trinajstić information content (AvgIpc) is 2.28. The molecule has 0 nitrogen and oxygen atoms in total. The Bertz CT molecular complexity index is 168. The van der Waals surface area contributed by atoms with Crippen molar-refractivity contribution in [2.24, 2.45) is 0 Å². The van der Waals surface area contributed by atoms with E-state index in [0.29, 0.717) is 0 Å². The van der Waals surface area contributed by atoms with Crippen molar-refractivity contribution in [1.82, 2.24) is 0 Å². The van der Waals surface area contributed by atoms with E-state index in [0.717, 1.165) is 0 Å². The molecule has 2 aliphatic rings. The molecule has 0 aromatic heterocycles. The van der Waals surface area contributed by atoms with Crippen LogP contribution in [0.25, 0.3) is 0 Å². The summed E-state index contributed by atoms with van der Waals surface area (Å²) in [6, 6.07) is 0. The first-order chi connectivity index (χ1) is 6.47. The first-order valence-corrected chi connectivity index (χ1v) is 6.16. The molecule has 0 aromatic carbocycles. The molecule has 0 N–H and O–H groups in total. The van der Waals surface area contributed by atoms with Gasteiger partial charge in [0.15, 0.2) is 0 Å². The summed E-state index contributed by atoms with van der Waals surface area (Å²) >= 11 is 0. The molecular formula is C13H22.